The average Bonchev–Trinajstić information content (AvgIpc) is 3.30. The Hall–Kier alpha value is -3.69. The number of aliphatic imine (C=N–C) groups is 1. The molecule has 0 unspecified atom stereocenters. The Morgan fingerprint density at radius 3 is 2.74 bits per heavy atom. The molecule has 5 rings (SSSR count). The summed E-state index contributed by atoms with van der Waals surface area (Å²) in [5.74, 6) is -0.615. The van der Waals surface area contributed by atoms with Gasteiger partial charge in [-0.1, -0.05) is 41.7 Å². The number of allylic oxidation sites excluding steroid dienone is 1. The van der Waals surface area contributed by atoms with E-state index in [4.69, 9.17) is 4.74 Å². The number of hydrogen-bond acceptors (Lipinski definition) is 7. The zero-order valence-electron chi connectivity index (χ0n) is 18.7. The van der Waals surface area contributed by atoms with E-state index in [1.807, 2.05) is 55.5 Å². The van der Waals surface area contributed by atoms with Gasteiger partial charge >= 0.3 is 4.87 Å². The second-order valence-electron chi connectivity index (χ2n) is 8.08. The lowest BCUT2D eigenvalue weighted by Crippen LogP contribution is -2.37. The normalized spacial score (nSPS) is 16.4. The number of aromatic nitrogens is 1. The fourth-order valence-electron chi connectivity index (χ4n) is 4.19. The second kappa shape index (κ2) is 9.28. The summed E-state index contributed by atoms with van der Waals surface area (Å²) < 4.78 is 6.51. The van der Waals surface area contributed by atoms with Crippen molar-refractivity contribution in [1.29, 1.82) is 0 Å². The van der Waals surface area contributed by atoms with Gasteiger partial charge < -0.3 is 20.1 Å². The standard InChI is InChI=1S/C25H24N4O4S/c1-16-18(17-6-2-3-7-19(17)26-16)14-22-24(31)29(25(32)34-22)15-23(30)27-20-8-4-5-9-21(20)28-10-12-33-13-11-28/h2-9,14,31H,10-13,15H2,1H3,(H,27,30)/b18-14+. The first-order valence-corrected chi connectivity index (χ1v) is 11.8. The van der Waals surface area contributed by atoms with Crippen LogP contribution in [0.15, 0.2) is 58.3 Å². The van der Waals surface area contributed by atoms with Crippen LogP contribution in [0.2, 0.25) is 0 Å². The summed E-state index contributed by atoms with van der Waals surface area (Å²) in [5.41, 5.74) is 5.03. The number of thiazole rings is 1. The summed E-state index contributed by atoms with van der Waals surface area (Å²) in [6.45, 7) is 4.34. The van der Waals surface area contributed by atoms with Crippen molar-refractivity contribution in [3.8, 4) is 5.88 Å². The van der Waals surface area contributed by atoms with Gasteiger partial charge in [-0.15, -0.1) is 0 Å². The minimum atomic E-state index is -0.401. The zero-order valence-corrected chi connectivity index (χ0v) is 19.5. The van der Waals surface area contributed by atoms with Gasteiger partial charge in [-0.3, -0.25) is 19.1 Å². The van der Waals surface area contributed by atoms with Gasteiger partial charge in [0.05, 0.1) is 35.2 Å². The first-order chi connectivity index (χ1) is 16.5. The van der Waals surface area contributed by atoms with Crippen molar-refractivity contribution in [3.05, 3.63) is 68.6 Å². The summed E-state index contributed by atoms with van der Waals surface area (Å²) in [6, 6.07) is 15.3. The number of anilines is 2. The van der Waals surface area contributed by atoms with Crippen molar-refractivity contribution in [1.82, 2.24) is 4.57 Å². The van der Waals surface area contributed by atoms with Gasteiger partial charge in [0.15, 0.2) is 0 Å². The van der Waals surface area contributed by atoms with Crippen LogP contribution in [0.5, 0.6) is 5.88 Å². The van der Waals surface area contributed by atoms with E-state index in [-0.39, 0.29) is 18.3 Å². The van der Waals surface area contributed by atoms with Gasteiger partial charge in [0.2, 0.25) is 11.8 Å². The minimum absolute atomic E-state index is 0.226. The van der Waals surface area contributed by atoms with Crippen LogP contribution in [0, 0.1) is 0 Å². The van der Waals surface area contributed by atoms with E-state index in [1.165, 1.54) is 0 Å². The zero-order chi connectivity index (χ0) is 23.7. The number of fused-ring (bicyclic) bond motifs is 1. The van der Waals surface area contributed by atoms with Crippen LogP contribution in [0.4, 0.5) is 17.1 Å². The molecule has 1 fully saturated rings. The summed E-state index contributed by atoms with van der Waals surface area (Å²) in [6.07, 6.45) is 1.76. The number of hydrogen-bond donors (Lipinski definition) is 2. The highest BCUT2D eigenvalue weighted by atomic mass is 32.1. The van der Waals surface area contributed by atoms with Crippen LogP contribution < -0.4 is 15.1 Å². The van der Waals surface area contributed by atoms with E-state index in [0.29, 0.717) is 23.8 Å². The average molecular weight is 477 g/mol. The lowest BCUT2D eigenvalue weighted by Gasteiger charge is -2.30. The molecule has 1 amide bonds. The van der Waals surface area contributed by atoms with Gasteiger partial charge in [0.25, 0.3) is 0 Å². The molecule has 0 saturated carbocycles. The maximum Gasteiger partial charge on any atom is 0.311 e. The van der Waals surface area contributed by atoms with Gasteiger partial charge in [-0.05, 0) is 31.2 Å². The highest BCUT2D eigenvalue weighted by molar-refractivity contribution is 7.10. The maximum absolute atomic E-state index is 12.8. The fraction of sp³-hybridized carbons (Fsp3) is 0.240. The Morgan fingerprint density at radius 1 is 1.18 bits per heavy atom. The number of nitrogens with zero attached hydrogens (tertiary/aromatic N) is 3. The third-order valence-electron chi connectivity index (χ3n) is 5.87. The molecule has 0 spiro atoms. The number of ether oxygens (including phenoxy) is 1. The highest BCUT2D eigenvalue weighted by Gasteiger charge is 2.21. The number of carbonyl (C=O) groups excluding carboxylic acids is 1. The van der Waals surface area contributed by atoms with Gasteiger partial charge in [-0.2, -0.15) is 0 Å². The summed E-state index contributed by atoms with van der Waals surface area (Å²) >= 11 is 0.903. The first kappa shape index (κ1) is 22.1. The van der Waals surface area contributed by atoms with Crippen LogP contribution in [0.1, 0.15) is 17.4 Å². The molecule has 0 radical (unpaired) electrons. The third kappa shape index (κ3) is 4.27. The molecule has 34 heavy (non-hydrogen) atoms. The van der Waals surface area contributed by atoms with E-state index in [9.17, 15) is 14.7 Å². The third-order valence-corrected chi connectivity index (χ3v) is 6.79. The Balaban J connectivity index is 1.37. The molecule has 0 atom stereocenters. The topological polar surface area (TPSA) is 96.2 Å². The Morgan fingerprint density at radius 2 is 1.91 bits per heavy atom. The maximum atomic E-state index is 12.8. The number of nitrogens with one attached hydrogen (secondary N) is 1. The van der Waals surface area contributed by atoms with Crippen LogP contribution in [-0.4, -0.2) is 47.6 Å². The predicted octanol–water partition coefficient (Wildman–Crippen LogP) is 3.74. The lowest BCUT2D eigenvalue weighted by atomic mass is 10.0. The van der Waals surface area contributed by atoms with Crippen molar-refractivity contribution in [2.45, 2.75) is 13.5 Å². The molecule has 2 aliphatic rings. The first-order valence-electron chi connectivity index (χ1n) is 11.0. The molecule has 2 aromatic carbocycles. The van der Waals surface area contributed by atoms with Crippen molar-refractivity contribution >= 4 is 51.7 Å². The van der Waals surface area contributed by atoms with E-state index in [1.54, 1.807) is 6.08 Å². The Labute approximate surface area is 200 Å². The number of benzene rings is 2. The number of rotatable bonds is 5. The SMILES string of the molecule is CC1=Nc2ccccc2/C1=C/c1sc(=O)n(CC(=O)Nc2ccccc2N2CCOCC2)c1O. The molecule has 0 bridgehead atoms. The number of para-hydroxylation sites is 3. The van der Waals surface area contributed by atoms with E-state index < -0.39 is 4.87 Å². The van der Waals surface area contributed by atoms with Crippen molar-refractivity contribution < 1.29 is 14.6 Å². The largest absolute Gasteiger partial charge is 0.493 e. The molecule has 1 saturated heterocycles. The number of aromatic hydroxyl groups is 1. The summed E-state index contributed by atoms with van der Waals surface area (Å²) in [4.78, 5) is 32.1. The molecule has 2 aliphatic heterocycles. The van der Waals surface area contributed by atoms with Gasteiger partial charge in [0.1, 0.15) is 6.54 Å². The van der Waals surface area contributed by atoms with E-state index in [0.717, 1.165) is 57.2 Å². The number of carbonyl (C=O) groups is 1. The molecule has 1 aromatic heterocycles. The van der Waals surface area contributed by atoms with Crippen molar-refractivity contribution in [2.24, 2.45) is 4.99 Å². The molecule has 9 heteroatoms. The fourth-order valence-corrected chi connectivity index (χ4v) is 5.02. The highest BCUT2D eigenvalue weighted by Crippen LogP contribution is 2.37. The molecule has 0 aliphatic carbocycles. The molecule has 3 heterocycles. The minimum Gasteiger partial charge on any atom is -0.493 e. The van der Waals surface area contributed by atoms with E-state index >= 15 is 0 Å². The molecular weight excluding hydrogens is 452 g/mol. The van der Waals surface area contributed by atoms with Crippen LogP contribution in [0.25, 0.3) is 11.6 Å². The molecular formula is C25H24N4O4S. The number of amides is 1. The van der Waals surface area contributed by atoms with Gasteiger partial charge in [0, 0.05) is 29.9 Å². The molecule has 174 valence electrons. The summed E-state index contributed by atoms with van der Waals surface area (Å²) in [7, 11) is 0. The van der Waals surface area contributed by atoms with Crippen molar-refractivity contribution in [2.75, 3.05) is 36.5 Å². The van der Waals surface area contributed by atoms with Crippen LogP contribution >= 0.6 is 11.3 Å². The van der Waals surface area contributed by atoms with Gasteiger partial charge in [-0.25, -0.2) is 0 Å². The lowest BCUT2D eigenvalue weighted by molar-refractivity contribution is -0.116. The Bertz CT molecular complexity index is 1370. The van der Waals surface area contributed by atoms with E-state index in [2.05, 4.69) is 15.2 Å². The molecule has 8 nitrogen and oxygen atoms in total. The summed E-state index contributed by atoms with van der Waals surface area (Å²) in [5, 5.41) is 13.7. The predicted molar refractivity (Wildman–Crippen MR) is 135 cm³/mol. The monoisotopic (exact) mass is 476 g/mol. The quantitative estimate of drug-likeness (QED) is 0.585. The molecule has 2 N–H and O–H groups in total. The number of morpholine rings is 1. The second-order valence-corrected chi connectivity index (χ2v) is 9.07. The molecule has 3 aromatic rings. The van der Waals surface area contributed by atoms with Crippen molar-refractivity contribution in [3.63, 3.8) is 0 Å². The van der Waals surface area contributed by atoms with Crippen LogP contribution in [0.3, 0.4) is 0 Å². The van der Waals surface area contributed by atoms with Crippen LogP contribution in [-0.2, 0) is 16.1 Å². The Kier molecular flexibility index (Phi) is 6.04. The smallest absolute Gasteiger partial charge is 0.311 e.